The largest absolute Gasteiger partial charge is 0.462 e. The van der Waals surface area contributed by atoms with E-state index in [2.05, 4.69) is 118 Å². The summed E-state index contributed by atoms with van der Waals surface area (Å²) in [7, 11) is 0. The number of allylic oxidation sites excluding steroid dienone is 16. The fourth-order valence-corrected chi connectivity index (χ4v) is 8.68. The van der Waals surface area contributed by atoms with Crippen LogP contribution in [0.5, 0.6) is 0 Å². The minimum atomic E-state index is -0.791. The van der Waals surface area contributed by atoms with E-state index >= 15 is 0 Å². The third-order valence-electron chi connectivity index (χ3n) is 13.3. The summed E-state index contributed by atoms with van der Waals surface area (Å²) in [6.45, 7) is 6.41. The van der Waals surface area contributed by atoms with Crippen LogP contribution in [0.1, 0.15) is 297 Å². The second-order valence-electron chi connectivity index (χ2n) is 20.5. The number of esters is 3. The highest BCUT2D eigenvalue weighted by molar-refractivity contribution is 5.71. The zero-order valence-electron chi connectivity index (χ0n) is 48.6. The molecule has 74 heavy (non-hydrogen) atoms. The van der Waals surface area contributed by atoms with Gasteiger partial charge in [0.2, 0.25) is 0 Å². The molecule has 0 rings (SSSR count). The van der Waals surface area contributed by atoms with Crippen molar-refractivity contribution >= 4 is 17.9 Å². The first kappa shape index (κ1) is 70.3. The van der Waals surface area contributed by atoms with Crippen LogP contribution in [0.3, 0.4) is 0 Å². The first-order chi connectivity index (χ1) is 36.5. The summed E-state index contributed by atoms with van der Waals surface area (Å²) in [5, 5.41) is 0. The average molecular weight is 1030 g/mol. The van der Waals surface area contributed by atoms with E-state index < -0.39 is 6.10 Å². The molecule has 0 aliphatic rings. The molecule has 1 atom stereocenters. The number of carbonyl (C=O) groups is 3. The highest BCUT2D eigenvalue weighted by atomic mass is 16.6. The summed E-state index contributed by atoms with van der Waals surface area (Å²) in [5.41, 5.74) is 0. The number of hydrogen-bond donors (Lipinski definition) is 0. The zero-order chi connectivity index (χ0) is 53.6. The van der Waals surface area contributed by atoms with Crippen LogP contribution in [0.2, 0.25) is 0 Å². The minimum absolute atomic E-state index is 0.0867. The minimum Gasteiger partial charge on any atom is -0.462 e. The Kier molecular flexibility index (Phi) is 58.8. The number of carbonyl (C=O) groups excluding carboxylic acids is 3. The lowest BCUT2D eigenvalue weighted by molar-refractivity contribution is -0.167. The standard InChI is InChI=1S/C68H116O6/c1-4-7-10-13-16-19-22-25-28-30-31-32-33-34-35-36-37-38-41-43-46-49-52-55-58-61-67(70)73-64-65(63-72-66(69)60-57-54-51-48-45-42-39-27-24-21-18-15-12-9-6-3)74-68(71)62-59-56-53-50-47-44-40-29-26-23-20-17-14-11-8-5-2/h7,9-10,12,16,18-19,21,25,27-29,31-32,39-40,65H,4-6,8,11,13-15,17,20,22-24,26,30,33-38,41-64H2,1-3H3/b10-7-,12-9-,19-16-,21-18-,28-25-,32-31-,39-27-,40-29-. The second kappa shape index (κ2) is 61.9. The molecular weight excluding hydrogens is 913 g/mol. The maximum Gasteiger partial charge on any atom is 0.306 e. The van der Waals surface area contributed by atoms with Gasteiger partial charge in [-0.05, 0) is 116 Å². The third-order valence-corrected chi connectivity index (χ3v) is 13.3. The third kappa shape index (κ3) is 59.2. The number of hydrogen-bond acceptors (Lipinski definition) is 6. The SMILES string of the molecule is CC/C=C\C/C=C\C/C=C\C/C=C\CCCCCCCCCCCCCCC(=O)OCC(COC(=O)CCCCCCC/C=C\C/C=C\C/C=C\CC)OC(=O)CCCCCCC/C=C\CCCCCCCCC. The van der Waals surface area contributed by atoms with Gasteiger partial charge in [-0.15, -0.1) is 0 Å². The monoisotopic (exact) mass is 1030 g/mol. The molecule has 0 aromatic heterocycles. The Morgan fingerprint density at radius 3 is 0.838 bits per heavy atom. The smallest absolute Gasteiger partial charge is 0.306 e. The molecule has 0 aliphatic carbocycles. The molecule has 0 saturated heterocycles. The van der Waals surface area contributed by atoms with E-state index in [4.69, 9.17) is 14.2 Å². The van der Waals surface area contributed by atoms with Gasteiger partial charge in [-0.1, -0.05) is 259 Å². The molecule has 0 N–H and O–H groups in total. The van der Waals surface area contributed by atoms with Gasteiger partial charge in [0.1, 0.15) is 13.2 Å². The van der Waals surface area contributed by atoms with Gasteiger partial charge in [0.25, 0.3) is 0 Å². The maximum absolute atomic E-state index is 12.9. The molecule has 0 spiro atoms. The van der Waals surface area contributed by atoms with Crippen molar-refractivity contribution in [2.45, 2.75) is 303 Å². The molecule has 0 amide bonds. The molecule has 0 fully saturated rings. The van der Waals surface area contributed by atoms with E-state index in [0.717, 1.165) is 135 Å². The lowest BCUT2D eigenvalue weighted by Gasteiger charge is -2.18. The van der Waals surface area contributed by atoms with Gasteiger partial charge in [-0.3, -0.25) is 14.4 Å². The van der Waals surface area contributed by atoms with Gasteiger partial charge in [-0.2, -0.15) is 0 Å². The Morgan fingerprint density at radius 2 is 0.527 bits per heavy atom. The summed E-state index contributed by atoms with van der Waals surface area (Å²) in [6, 6.07) is 0. The molecule has 0 aromatic carbocycles. The first-order valence-electron chi connectivity index (χ1n) is 31.2. The summed E-state index contributed by atoms with van der Waals surface area (Å²) < 4.78 is 16.9. The van der Waals surface area contributed by atoms with Crippen LogP contribution >= 0.6 is 0 Å². The van der Waals surface area contributed by atoms with Crippen LogP contribution in [0.4, 0.5) is 0 Å². The van der Waals surface area contributed by atoms with Gasteiger partial charge in [0.15, 0.2) is 6.10 Å². The van der Waals surface area contributed by atoms with Gasteiger partial charge in [0.05, 0.1) is 0 Å². The molecule has 6 heteroatoms. The Balaban J connectivity index is 4.34. The van der Waals surface area contributed by atoms with Crippen LogP contribution < -0.4 is 0 Å². The molecule has 0 aromatic rings. The summed E-state index contributed by atoms with van der Waals surface area (Å²) in [6.07, 6.45) is 82.7. The highest BCUT2D eigenvalue weighted by Gasteiger charge is 2.19. The van der Waals surface area contributed by atoms with Crippen molar-refractivity contribution in [2.75, 3.05) is 13.2 Å². The van der Waals surface area contributed by atoms with E-state index in [0.29, 0.717) is 19.3 Å². The molecule has 6 nitrogen and oxygen atoms in total. The van der Waals surface area contributed by atoms with Crippen LogP contribution in [-0.2, 0) is 28.6 Å². The predicted octanol–water partition coefficient (Wildman–Crippen LogP) is 21.3. The Bertz CT molecular complexity index is 1460. The summed E-state index contributed by atoms with van der Waals surface area (Å²) >= 11 is 0. The van der Waals surface area contributed by atoms with Crippen LogP contribution in [0.25, 0.3) is 0 Å². The van der Waals surface area contributed by atoms with Gasteiger partial charge in [-0.25, -0.2) is 0 Å². The highest BCUT2D eigenvalue weighted by Crippen LogP contribution is 2.16. The summed E-state index contributed by atoms with van der Waals surface area (Å²) in [4.78, 5) is 38.3. The van der Waals surface area contributed by atoms with Crippen LogP contribution in [0, 0.1) is 0 Å². The van der Waals surface area contributed by atoms with Crippen molar-refractivity contribution in [3.8, 4) is 0 Å². The van der Waals surface area contributed by atoms with Crippen molar-refractivity contribution < 1.29 is 28.6 Å². The van der Waals surface area contributed by atoms with E-state index in [-0.39, 0.29) is 31.1 Å². The lowest BCUT2D eigenvalue weighted by Crippen LogP contribution is -2.30. The zero-order valence-corrected chi connectivity index (χ0v) is 48.6. The normalized spacial score (nSPS) is 12.7. The molecule has 1 unspecified atom stereocenters. The molecule has 424 valence electrons. The van der Waals surface area contributed by atoms with E-state index in [9.17, 15) is 14.4 Å². The Labute approximate surface area is 457 Å². The molecule has 0 saturated carbocycles. The van der Waals surface area contributed by atoms with E-state index in [1.165, 1.54) is 122 Å². The Morgan fingerprint density at radius 1 is 0.284 bits per heavy atom. The predicted molar refractivity (Wildman–Crippen MR) is 320 cm³/mol. The van der Waals surface area contributed by atoms with Crippen molar-refractivity contribution in [1.82, 2.24) is 0 Å². The molecule has 0 radical (unpaired) electrons. The topological polar surface area (TPSA) is 78.9 Å². The fraction of sp³-hybridized carbons (Fsp3) is 0.721. The summed E-state index contributed by atoms with van der Waals surface area (Å²) in [5.74, 6) is -0.906. The van der Waals surface area contributed by atoms with Crippen LogP contribution in [-0.4, -0.2) is 37.2 Å². The van der Waals surface area contributed by atoms with E-state index in [1.54, 1.807) is 0 Å². The average Bonchev–Trinajstić information content (AvgIpc) is 3.40. The van der Waals surface area contributed by atoms with Crippen molar-refractivity contribution in [3.05, 3.63) is 97.2 Å². The van der Waals surface area contributed by atoms with Crippen molar-refractivity contribution in [1.29, 1.82) is 0 Å². The van der Waals surface area contributed by atoms with Crippen molar-refractivity contribution in [2.24, 2.45) is 0 Å². The quantitative estimate of drug-likeness (QED) is 0.0261. The maximum atomic E-state index is 12.9. The number of unbranched alkanes of at least 4 members (excludes halogenated alkanes) is 29. The first-order valence-corrected chi connectivity index (χ1v) is 31.2. The van der Waals surface area contributed by atoms with E-state index in [1.807, 2.05) is 0 Å². The molecule has 0 bridgehead atoms. The molecular formula is C68H116O6. The number of rotatable bonds is 56. The number of ether oxygens (including phenoxy) is 3. The fourth-order valence-electron chi connectivity index (χ4n) is 8.68. The molecule has 0 heterocycles. The van der Waals surface area contributed by atoms with Gasteiger partial charge < -0.3 is 14.2 Å². The van der Waals surface area contributed by atoms with Crippen molar-refractivity contribution in [3.63, 3.8) is 0 Å². The van der Waals surface area contributed by atoms with Crippen LogP contribution in [0.15, 0.2) is 97.2 Å². The second-order valence-corrected chi connectivity index (χ2v) is 20.5. The Hall–Kier alpha value is -3.67. The van der Waals surface area contributed by atoms with Gasteiger partial charge >= 0.3 is 17.9 Å². The lowest BCUT2D eigenvalue weighted by atomic mass is 10.0. The van der Waals surface area contributed by atoms with Gasteiger partial charge in [0, 0.05) is 19.3 Å². The molecule has 0 aliphatic heterocycles.